The normalized spacial score (nSPS) is 15.7. The highest BCUT2D eigenvalue weighted by Crippen LogP contribution is 2.18. The smallest absolute Gasteiger partial charge is 0.0768 e. The monoisotopic (exact) mass is 212 g/mol. The molecule has 0 rings (SSSR count). The van der Waals surface area contributed by atoms with Crippen molar-refractivity contribution in [3.8, 4) is 6.07 Å². The van der Waals surface area contributed by atoms with Gasteiger partial charge in [-0.05, 0) is 26.7 Å². The largest absolute Gasteiger partial charge is 0.389 e. The second-order valence-electron chi connectivity index (χ2n) is 4.98. The van der Waals surface area contributed by atoms with Gasteiger partial charge in [0.05, 0.1) is 11.7 Å². The predicted molar refractivity (Wildman–Crippen MR) is 62.4 cm³/mol. The zero-order chi connectivity index (χ0) is 12.1. The van der Waals surface area contributed by atoms with Crippen molar-refractivity contribution in [3.63, 3.8) is 0 Å². The molecule has 1 atom stereocenters. The van der Waals surface area contributed by atoms with E-state index in [1.54, 1.807) is 0 Å². The zero-order valence-electron chi connectivity index (χ0n) is 10.6. The van der Waals surface area contributed by atoms with E-state index < -0.39 is 5.60 Å². The van der Waals surface area contributed by atoms with Crippen LogP contribution >= 0.6 is 0 Å². The summed E-state index contributed by atoms with van der Waals surface area (Å²) in [6, 6.07) is 2.51. The van der Waals surface area contributed by atoms with Crippen LogP contribution in [0.25, 0.3) is 0 Å². The maximum Gasteiger partial charge on any atom is 0.0768 e. The van der Waals surface area contributed by atoms with Gasteiger partial charge in [-0.1, -0.05) is 13.8 Å². The fraction of sp³-hybridized carbons (Fsp3) is 0.917. The summed E-state index contributed by atoms with van der Waals surface area (Å²) in [4.78, 5) is 2.16. The van der Waals surface area contributed by atoms with Gasteiger partial charge in [0.2, 0.25) is 0 Å². The van der Waals surface area contributed by atoms with Crippen molar-refractivity contribution in [3.05, 3.63) is 0 Å². The van der Waals surface area contributed by atoms with Crippen LogP contribution in [-0.4, -0.2) is 34.7 Å². The van der Waals surface area contributed by atoms with Gasteiger partial charge in [-0.25, -0.2) is 0 Å². The standard InChI is InChI=1S/C12H24N2O/c1-10(2)12(5,15)9-14(11(3)4)8-6-7-13/h10-11,15H,6,8-9H2,1-5H3. The van der Waals surface area contributed by atoms with E-state index in [1.807, 2.05) is 20.8 Å². The Bertz CT molecular complexity index is 216. The minimum atomic E-state index is -0.681. The second-order valence-corrected chi connectivity index (χ2v) is 4.98. The summed E-state index contributed by atoms with van der Waals surface area (Å²) in [5, 5.41) is 18.8. The lowest BCUT2D eigenvalue weighted by Crippen LogP contribution is -2.47. The predicted octanol–water partition coefficient (Wildman–Crippen LogP) is 2.02. The fourth-order valence-corrected chi connectivity index (χ4v) is 1.31. The lowest BCUT2D eigenvalue weighted by molar-refractivity contribution is -0.0254. The highest BCUT2D eigenvalue weighted by atomic mass is 16.3. The van der Waals surface area contributed by atoms with Crippen LogP contribution in [0.2, 0.25) is 0 Å². The van der Waals surface area contributed by atoms with Gasteiger partial charge in [-0.2, -0.15) is 5.26 Å². The summed E-state index contributed by atoms with van der Waals surface area (Å²) in [7, 11) is 0. The summed E-state index contributed by atoms with van der Waals surface area (Å²) in [6.07, 6.45) is 0.520. The molecule has 88 valence electrons. The second kappa shape index (κ2) is 6.09. The molecule has 3 heteroatoms. The summed E-state index contributed by atoms with van der Waals surface area (Å²) in [6.45, 7) is 11.4. The third kappa shape index (κ3) is 5.15. The van der Waals surface area contributed by atoms with Crippen LogP contribution in [0, 0.1) is 17.2 Å². The van der Waals surface area contributed by atoms with Crippen molar-refractivity contribution in [2.75, 3.05) is 13.1 Å². The van der Waals surface area contributed by atoms with Gasteiger partial charge in [-0.15, -0.1) is 0 Å². The number of rotatable bonds is 6. The van der Waals surface area contributed by atoms with Gasteiger partial charge in [0, 0.05) is 25.6 Å². The Morgan fingerprint density at radius 2 is 1.87 bits per heavy atom. The topological polar surface area (TPSA) is 47.3 Å². The van der Waals surface area contributed by atoms with Crippen LogP contribution in [0.15, 0.2) is 0 Å². The molecule has 0 aromatic carbocycles. The van der Waals surface area contributed by atoms with Gasteiger partial charge in [0.25, 0.3) is 0 Å². The van der Waals surface area contributed by atoms with E-state index in [0.717, 1.165) is 6.54 Å². The van der Waals surface area contributed by atoms with Crippen molar-refractivity contribution >= 4 is 0 Å². The molecular weight excluding hydrogens is 188 g/mol. The van der Waals surface area contributed by atoms with Crippen molar-refractivity contribution < 1.29 is 5.11 Å². The van der Waals surface area contributed by atoms with Gasteiger partial charge < -0.3 is 5.11 Å². The Kier molecular flexibility index (Phi) is 5.85. The maximum atomic E-state index is 10.2. The first-order valence-electron chi connectivity index (χ1n) is 5.64. The molecule has 1 N–H and O–H groups in total. The number of nitrogens with zero attached hydrogens (tertiary/aromatic N) is 2. The molecule has 0 aromatic heterocycles. The molecule has 0 radical (unpaired) electrons. The first-order valence-corrected chi connectivity index (χ1v) is 5.64. The molecule has 0 aliphatic rings. The number of hydrogen-bond acceptors (Lipinski definition) is 3. The molecule has 0 saturated heterocycles. The molecule has 0 spiro atoms. The quantitative estimate of drug-likeness (QED) is 0.732. The highest BCUT2D eigenvalue weighted by molar-refractivity contribution is 4.83. The van der Waals surface area contributed by atoms with Crippen molar-refractivity contribution in [2.45, 2.75) is 52.7 Å². The summed E-state index contributed by atoms with van der Waals surface area (Å²) in [5.41, 5.74) is -0.681. The molecule has 0 amide bonds. The fourth-order valence-electron chi connectivity index (χ4n) is 1.31. The molecule has 0 aliphatic carbocycles. The molecule has 3 nitrogen and oxygen atoms in total. The Hall–Kier alpha value is -0.590. The molecule has 0 aromatic rings. The van der Waals surface area contributed by atoms with Gasteiger partial charge in [0.1, 0.15) is 0 Å². The molecule has 0 saturated carbocycles. The third-order valence-electron chi connectivity index (χ3n) is 3.01. The number of nitriles is 1. The van der Waals surface area contributed by atoms with Crippen LogP contribution in [0.5, 0.6) is 0 Å². The molecule has 1 unspecified atom stereocenters. The zero-order valence-corrected chi connectivity index (χ0v) is 10.6. The van der Waals surface area contributed by atoms with E-state index in [-0.39, 0.29) is 5.92 Å². The Balaban J connectivity index is 4.35. The van der Waals surface area contributed by atoms with E-state index in [2.05, 4.69) is 24.8 Å². The van der Waals surface area contributed by atoms with Gasteiger partial charge >= 0.3 is 0 Å². The first-order chi connectivity index (χ1) is 6.81. The van der Waals surface area contributed by atoms with E-state index in [9.17, 15) is 5.11 Å². The average molecular weight is 212 g/mol. The van der Waals surface area contributed by atoms with E-state index in [0.29, 0.717) is 19.0 Å². The average Bonchev–Trinajstić information content (AvgIpc) is 2.11. The first kappa shape index (κ1) is 14.4. The van der Waals surface area contributed by atoms with E-state index in [4.69, 9.17) is 5.26 Å². The summed E-state index contributed by atoms with van der Waals surface area (Å²) >= 11 is 0. The van der Waals surface area contributed by atoms with Crippen molar-refractivity contribution in [1.29, 1.82) is 5.26 Å². The highest BCUT2D eigenvalue weighted by Gasteiger charge is 2.28. The summed E-state index contributed by atoms with van der Waals surface area (Å²) in [5.74, 6) is 0.223. The maximum absolute atomic E-state index is 10.2. The number of hydrogen-bond donors (Lipinski definition) is 1. The lowest BCUT2D eigenvalue weighted by Gasteiger charge is -2.36. The van der Waals surface area contributed by atoms with Crippen LogP contribution in [0.3, 0.4) is 0 Å². The van der Waals surface area contributed by atoms with Gasteiger partial charge in [-0.3, -0.25) is 4.90 Å². The Morgan fingerprint density at radius 3 is 2.20 bits per heavy atom. The third-order valence-corrected chi connectivity index (χ3v) is 3.01. The SMILES string of the molecule is CC(C)N(CCC#N)CC(C)(O)C(C)C. The van der Waals surface area contributed by atoms with Crippen molar-refractivity contribution in [1.82, 2.24) is 4.90 Å². The van der Waals surface area contributed by atoms with E-state index in [1.165, 1.54) is 0 Å². The van der Waals surface area contributed by atoms with Crippen LogP contribution in [0.1, 0.15) is 41.0 Å². The Morgan fingerprint density at radius 1 is 1.33 bits per heavy atom. The molecule has 0 heterocycles. The van der Waals surface area contributed by atoms with Crippen LogP contribution in [-0.2, 0) is 0 Å². The Labute approximate surface area is 93.7 Å². The van der Waals surface area contributed by atoms with Crippen molar-refractivity contribution in [2.24, 2.45) is 5.92 Å². The molecule has 15 heavy (non-hydrogen) atoms. The lowest BCUT2D eigenvalue weighted by atomic mass is 9.91. The molecule has 0 bridgehead atoms. The van der Waals surface area contributed by atoms with Gasteiger partial charge in [0.15, 0.2) is 0 Å². The van der Waals surface area contributed by atoms with E-state index >= 15 is 0 Å². The molecular formula is C12H24N2O. The molecule has 0 fully saturated rings. The minimum Gasteiger partial charge on any atom is -0.389 e. The minimum absolute atomic E-state index is 0.223. The van der Waals surface area contributed by atoms with Crippen LogP contribution in [0.4, 0.5) is 0 Å². The molecule has 0 aliphatic heterocycles. The number of aliphatic hydroxyl groups is 1. The summed E-state index contributed by atoms with van der Waals surface area (Å²) < 4.78 is 0. The van der Waals surface area contributed by atoms with Crippen LogP contribution < -0.4 is 0 Å².